The third-order valence-corrected chi connectivity index (χ3v) is 5.34. The Morgan fingerprint density at radius 2 is 2.11 bits per heavy atom. The number of phenols is 1. The van der Waals surface area contributed by atoms with Crippen molar-refractivity contribution in [2.45, 2.75) is 43.7 Å². The summed E-state index contributed by atoms with van der Waals surface area (Å²) in [4.78, 5) is 2.38. The van der Waals surface area contributed by atoms with Crippen LogP contribution >= 0.6 is 0 Å². The maximum Gasteiger partial charge on any atom is 0.165 e. The molecule has 1 aromatic rings. The first-order chi connectivity index (χ1) is 9.16. The third-order valence-electron chi connectivity index (χ3n) is 5.34. The molecule has 4 rings (SSSR count). The Bertz CT molecular complexity index is 526. The summed E-state index contributed by atoms with van der Waals surface area (Å²) in [6.07, 6.45) is 5.06. The normalized spacial score (nSPS) is 35.1. The van der Waals surface area contributed by atoms with Gasteiger partial charge in [-0.1, -0.05) is 6.07 Å². The molecular formula is C16H21NO2. The molecule has 0 radical (unpaired) electrons. The Kier molecular flexibility index (Phi) is 2.37. The predicted octanol–water partition coefficient (Wildman–Crippen LogP) is 2.52. The molecule has 0 amide bonds. The van der Waals surface area contributed by atoms with Gasteiger partial charge in [0.25, 0.3) is 0 Å². The highest BCUT2D eigenvalue weighted by atomic mass is 16.5. The SMILES string of the molecule is CN(C)C1Cc2ccc(O)c3c2C2[C@H]1CCC[C@@H]2O3. The van der Waals surface area contributed by atoms with E-state index in [0.717, 1.165) is 18.6 Å². The van der Waals surface area contributed by atoms with E-state index in [1.54, 1.807) is 6.07 Å². The highest BCUT2D eigenvalue weighted by Gasteiger charge is 2.50. The summed E-state index contributed by atoms with van der Waals surface area (Å²) in [5.74, 6) is 2.31. The molecule has 0 spiro atoms. The number of hydrogen-bond acceptors (Lipinski definition) is 3. The first-order valence-electron chi connectivity index (χ1n) is 7.34. The molecule has 102 valence electrons. The topological polar surface area (TPSA) is 32.7 Å². The Balaban J connectivity index is 1.88. The van der Waals surface area contributed by atoms with Gasteiger partial charge in [-0.25, -0.2) is 0 Å². The zero-order valence-electron chi connectivity index (χ0n) is 11.6. The lowest BCUT2D eigenvalue weighted by atomic mass is 9.65. The molecule has 1 heterocycles. The lowest BCUT2D eigenvalue weighted by Gasteiger charge is -2.44. The zero-order chi connectivity index (χ0) is 13.1. The minimum atomic E-state index is 0.295. The summed E-state index contributed by atoms with van der Waals surface area (Å²) in [5.41, 5.74) is 2.71. The van der Waals surface area contributed by atoms with E-state index in [1.165, 1.54) is 24.0 Å². The lowest BCUT2D eigenvalue weighted by molar-refractivity contribution is 0.0721. The van der Waals surface area contributed by atoms with Crippen LogP contribution in [0.15, 0.2) is 12.1 Å². The van der Waals surface area contributed by atoms with Crippen LogP contribution < -0.4 is 4.74 Å². The van der Waals surface area contributed by atoms with Crippen molar-refractivity contribution < 1.29 is 9.84 Å². The standard InChI is InChI=1S/C16H21NO2/c1-17(2)11-8-9-6-7-12(18)16-14(9)15-10(11)4-3-5-13(15)19-16/h6-7,10-11,13,15,18H,3-5,8H2,1-2H3/t10-,11?,13-,15?/m0/s1. The number of nitrogens with zero attached hydrogens (tertiary/aromatic N) is 1. The molecule has 2 aliphatic carbocycles. The van der Waals surface area contributed by atoms with Gasteiger partial charge in [0.2, 0.25) is 0 Å². The molecule has 4 atom stereocenters. The molecule has 1 saturated carbocycles. The highest BCUT2D eigenvalue weighted by molar-refractivity contribution is 5.57. The fraction of sp³-hybridized carbons (Fsp3) is 0.625. The monoisotopic (exact) mass is 259 g/mol. The van der Waals surface area contributed by atoms with Crippen molar-refractivity contribution in [1.82, 2.24) is 4.90 Å². The fourth-order valence-electron chi connectivity index (χ4n) is 4.54. The van der Waals surface area contributed by atoms with Crippen LogP contribution in [0.1, 0.15) is 36.3 Å². The van der Waals surface area contributed by atoms with Gasteiger partial charge in [-0.2, -0.15) is 0 Å². The van der Waals surface area contributed by atoms with E-state index in [1.807, 2.05) is 0 Å². The van der Waals surface area contributed by atoms with Crippen molar-refractivity contribution in [3.8, 4) is 11.5 Å². The summed E-state index contributed by atoms with van der Waals surface area (Å²) >= 11 is 0. The van der Waals surface area contributed by atoms with Gasteiger partial charge in [-0.05, 0) is 57.3 Å². The van der Waals surface area contributed by atoms with Crippen LogP contribution in [0.3, 0.4) is 0 Å². The van der Waals surface area contributed by atoms with E-state index >= 15 is 0 Å². The molecule has 3 heteroatoms. The molecule has 3 nitrogen and oxygen atoms in total. The van der Waals surface area contributed by atoms with Gasteiger partial charge in [-0.3, -0.25) is 0 Å². The lowest BCUT2D eigenvalue weighted by Crippen LogP contribution is -2.47. The van der Waals surface area contributed by atoms with Crippen molar-refractivity contribution >= 4 is 0 Å². The first-order valence-corrected chi connectivity index (χ1v) is 7.34. The van der Waals surface area contributed by atoms with Crippen LogP contribution in [0.4, 0.5) is 0 Å². The van der Waals surface area contributed by atoms with Crippen LogP contribution in [0.2, 0.25) is 0 Å². The number of likely N-dealkylation sites (N-methyl/N-ethyl adjacent to an activating group) is 1. The average Bonchev–Trinajstić information content (AvgIpc) is 2.79. The summed E-state index contributed by atoms with van der Waals surface area (Å²) in [6, 6.07) is 4.51. The second kappa shape index (κ2) is 3.89. The van der Waals surface area contributed by atoms with Crippen molar-refractivity contribution in [2.24, 2.45) is 5.92 Å². The van der Waals surface area contributed by atoms with Crippen LogP contribution in [-0.4, -0.2) is 36.2 Å². The molecule has 0 bridgehead atoms. The second-order valence-electron chi connectivity index (χ2n) is 6.50. The number of rotatable bonds is 1. The minimum Gasteiger partial charge on any atom is -0.504 e. The van der Waals surface area contributed by atoms with Crippen LogP contribution in [-0.2, 0) is 6.42 Å². The summed E-state index contributed by atoms with van der Waals surface area (Å²) in [5, 5.41) is 10.1. The summed E-state index contributed by atoms with van der Waals surface area (Å²) in [7, 11) is 4.38. The van der Waals surface area contributed by atoms with E-state index < -0.39 is 0 Å². The maximum absolute atomic E-state index is 10.1. The van der Waals surface area contributed by atoms with Crippen LogP contribution in [0, 0.1) is 5.92 Å². The van der Waals surface area contributed by atoms with Crippen LogP contribution in [0.25, 0.3) is 0 Å². The molecule has 1 aliphatic heterocycles. The number of aromatic hydroxyl groups is 1. The smallest absolute Gasteiger partial charge is 0.165 e. The third kappa shape index (κ3) is 1.48. The van der Waals surface area contributed by atoms with Crippen molar-refractivity contribution in [3.05, 3.63) is 23.3 Å². The molecule has 0 saturated heterocycles. The maximum atomic E-state index is 10.1. The first kappa shape index (κ1) is 11.6. The Hall–Kier alpha value is -1.22. The average molecular weight is 259 g/mol. The summed E-state index contributed by atoms with van der Waals surface area (Å²) < 4.78 is 6.09. The van der Waals surface area contributed by atoms with Crippen molar-refractivity contribution in [2.75, 3.05) is 14.1 Å². The number of phenolic OH excluding ortho intramolecular Hbond substituents is 1. The van der Waals surface area contributed by atoms with Gasteiger partial charge in [0.1, 0.15) is 6.10 Å². The highest BCUT2D eigenvalue weighted by Crippen LogP contribution is 2.56. The van der Waals surface area contributed by atoms with E-state index in [2.05, 4.69) is 25.1 Å². The Labute approximate surface area is 114 Å². The van der Waals surface area contributed by atoms with Gasteiger partial charge in [-0.15, -0.1) is 0 Å². The fourth-order valence-corrected chi connectivity index (χ4v) is 4.54. The predicted molar refractivity (Wildman–Crippen MR) is 73.8 cm³/mol. The minimum absolute atomic E-state index is 0.295. The number of hydrogen-bond donors (Lipinski definition) is 1. The van der Waals surface area contributed by atoms with Gasteiger partial charge in [0, 0.05) is 17.5 Å². The molecule has 1 aromatic carbocycles. The number of ether oxygens (including phenoxy) is 1. The molecule has 0 aromatic heterocycles. The van der Waals surface area contributed by atoms with E-state index in [4.69, 9.17) is 4.74 Å². The summed E-state index contributed by atoms with van der Waals surface area (Å²) in [6.45, 7) is 0. The molecule has 1 fully saturated rings. The Morgan fingerprint density at radius 3 is 2.89 bits per heavy atom. The van der Waals surface area contributed by atoms with E-state index in [9.17, 15) is 5.11 Å². The second-order valence-corrected chi connectivity index (χ2v) is 6.50. The quantitative estimate of drug-likeness (QED) is 0.841. The van der Waals surface area contributed by atoms with Gasteiger partial charge >= 0.3 is 0 Å². The molecule has 1 N–H and O–H groups in total. The van der Waals surface area contributed by atoms with Gasteiger partial charge in [0.15, 0.2) is 11.5 Å². The van der Waals surface area contributed by atoms with E-state index in [0.29, 0.717) is 29.7 Å². The van der Waals surface area contributed by atoms with Crippen molar-refractivity contribution in [3.63, 3.8) is 0 Å². The Morgan fingerprint density at radius 1 is 1.26 bits per heavy atom. The molecule has 2 unspecified atom stereocenters. The largest absolute Gasteiger partial charge is 0.504 e. The van der Waals surface area contributed by atoms with Crippen molar-refractivity contribution in [1.29, 1.82) is 0 Å². The van der Waals surface area contributed by atoms with Gasteiger partial charge < -0.3 is 14.7 Å². The zero-order valence-corrected chi connectivity index (χ0v) is 11.6. The number of benzene rings is 1. The molecule has 3 aliphatic rings. The van der Waals surface area contributed by atoms with Crippen LogP contribution in [0.5, 0.6) is 11.5 Å². The molecule has 19 heavy (non-hydrogen) atoms. The molecular weight excluding hydrogens is 238 g/mol. The van der Waals surface area contributed by atoms with Gasteiger partial charge in [0.05, 0.1) is 0 Å². The van der Waals surface area contributed by atoms with E-state index in [-0.39, 0.29) is 0 Å².